The summed E-state index contributed by atoms with van der Waals surface area (Å²) < 4.78 is 5.22. The van der Waals surface area contributed by atoms with Crippen LogP contribution in [0.5, 0.6) is 0 Å². The van der Waals surface area contributed by atoms with E-state index in [2.05, 4.69) is 5.32 Å². The molecule has 0 unspecified atom stereocenters. The molecule has 1 aliphatic carbocycles. The zero-order valence-electron chi connectivity index (χ0n) is 11.5. The minimum absolute atomic E-state index is 0.0216. The van der Waals surface area contributed by atoms with Crippen LogP contribution in [-0.2, 0) is 9.53 Å². The predicted molar refractivity (Wildman–Crippen MR) is 69.2 cm³/mol. The van der Waals surface area contributed by atoms with Gasteiger partial charge in [0.05, 0.1) is 0 Å². The van der Waals surface area contributed by atoms with Gasteiger partial charge < -0.3 is 15.8 Å². The largest absolute Gasteiger partial charge is 0.444 e. The van der Waals surface area contributed by atoms with Crippen LogP contribution in [0.15, 0.2) is 0 Å². The van der Waals surface area contributed by atoms with Crippen LogP contribution < -0.4 is 11.1 Å². The first kappa shape index (κ1) is 15.0. The number of hydrogen-bond acceptors (Lipinski definition) is 4. The van der Waals surface area contributed by atoms with Crippen LogP contribution in [0.2, 0.25) is 0 Å². The van der Waals surface area contributed by atoms with Crippen molar-refractivity contribution in [2.75, 3.05) is 6.54 Å². The third-order valence-corrected chi connectivity index (χ3v) is 3.10. The summed E-state index contributed by atoms with van der Waals surface area (Å²) in [5.74, 6) is 0.0216. The highest BCUT2D eigenvalue weighted by molar-refractivity contribution is 5.92. The van der Waals surface area contributed by atoms with E-state index in [0.29, 0.717) is 25.8 Å². The average Bonchev–Trinajstić information content (AvgIpc) is 2.64. The van der Waals surface area contributed by atoms with Crippen molar-refractivity contribution in [3.63, 3.8) is 0 Å². The van der Waals surface area contributed by atoms with E-state index in [-0.39, 0.29) is 5.78 Å². The summed E-state index contributed by atoms with van der Waals surface area (Å²) in [5.41, 5.74) is 4.12. The molecule has 0 aliphatic heterocycles. The van der Waals surface area contributed by atoms with Gasteiger partial charge in [-0.05, 0) is 40.2 Å². The number of ether oxygens (including phenoxy) is 1. The monoisotopic (exact) mass is 256 g/mol. The van der Waals surface area contributed by atoms with E-state index in [4.69, 9.17) is 10.5 Å². The van der Waals surface area contributed by atoms with Crippen molar-refractivity contribution in [2.45, 2.75) is 64.0 Å². The highest BCUT2D eigenvalue weighted by Crippen LogP contribution is 2.31. The molecule has 0 atom stereocenters. The molecule has 104 valence electrons. The SMILES string of the molecule is CC(C)(C)OC(=O)NC1(C(=O)CCN)CCCC1. The summed E-state index contributed by atoms with van der Waals surface area (Å²) in [7, 11) is 0. The van der Waals surface area contributed by atoms with Gasteiger partial charge in [-0.2, -0.15) is 0 Å². The lowest BCUT2D eigenvalue weighted by molar-refractivity contribution is -0.125. The molecule has 5 heteroatoms. The Kier molecular flexibility index (Phi) is 4.73. The van der Waals surface area contributed by atoms with Gasteiger partial charge in [-0.15, -0.1) is 0 Å². The number of ketones is 1. The smallest absolute Gasteiger partial charge is 0.408 e. The Hall–Kier alpha value is -1.10. The molecule has 0 aromatic carbocycles. The highest BCUT2D eigenvalue weighted by Gasteiger charge is 2.42. The van der Waals surface area contributed by atoms with Crippen LogP contribution >= 0.6 is 0 Å². The number of alkyl carbamates (subject to hydrolysis) is 1. The van der Waals surface area contributed by atoms with E-state index in [0.717, 1.165) is 12.8 Å². The molecule has 0 saturated heterocycles. The van der Waals surface area contributed by atoms with E-state index >= 15 is 0 Å². The maximum atomic E-state index is 12.1. The number of hydrogen-bond donors (Lipinski definition) is 2. The van der Waals surface area contributed by atoms with Crippen LogP contribution in [0.4, 0.5) is 4.79 Å². The van der Waals surface area contributed by atoms with Crippen LogP contribution in [0.25, 0.3) is 0 Å². The zero-order chi connectivity index (χ0) is 13.8. The Morgan fingerprint density at radius 3 is 2.28 bits per heavy atom. The van der Waals surface area contributed by atoms with Crippen molar-refractivity contribution >= 4 is 11.9 Å². The number of rotatable bonds is 4. The van der Waals surface area contributed by atoms with Gasteiger partial charge in [-0.25, -0.2) is 4.79 Å². The first-order valence-electron chi connectivity index (χ1n) is 6.54. The normalized spacial score (nSPS) is 18.4. The molecule has 0 bridgehead atoms. The molecular weight excluding hydrogens is 232 g/mol. The third-order valence-electron chi connectivity index (χ3n) is 3.10. The van der Waals surface area contributed by atoms with Crippen molar-refractivity contribution in [3.05, 3.63) is 0 Å². The summed E-state index contributed by atoms with van der Waals surface area (Å²) in [4.78, 5) is 23.9. The lowest BCUT2D eigenvalue weighted by Crippen LogP contribution is -2.54. The molecule has 1 aliphatic rings. The quantitative estimate of drug-likeness (QED) is 0.802. The summed E-state index contributed by atoms with van der Waals surface area (Å²) >= 11 is 0. The van der Waals surface area contributed by atoms with Gasteiger partial charge in [0.15, 0.2) is 5.78 Å². The Balaban J connectivity index is 2.69. The highest BCUT2D eigenvalue weighted by atomic mass is 16.6. The van der Waals surface area contributed by atoms with Gasteiger partial charge in [0.25, 0.3) is 0 Å². The second kappa shape index (κ2) is 5.69. The number of carbonyl (C=O) groups excluding carboxylic acids is 2. The molecule has 0 heterocycles. The minimum atomic E-state index is -0.748. The number of carbonyl (C=O) groups is 2. The topological polar surface area (TPSA) is 81.4 Å². The van der Waals surface area contributed by atoms with Gasteiger partial charge >= 0.3 is 6.09 Å². The molecule has 5 nitrogen and oxygen atoms in total. The Morgan fingerprint density at radius 1 is 1.28 bits per heavy atom. The number of Topliss-reactive ketones (excluding diaryl/α,β-unsaturated/α-hetero) is 1. The van der Waals surface area contributed by atoms with Gasteiger partial charge in [0.2, 0.25) is 0 Å². The van der Waals surface area contributed by atoms with Gasteiger partial charge in [0, 0.05) is 6.42 Å². The number of nitrogens with one attached hydrogen (secondary N) is 1. The maximum absolute atomic E-state index is 12.1. The molecule has 3 N–H and O–H groups in total. The first-order valence-corrected chi connectivity index (χ1v) is 6.54. The average molecular weight is 256 g/mol. The number of nitrogens with two attached hydrogens (primary N) is 1. The maximum Gasteiger partial charge on any atom is 0.408 e. The molecule has 0 aromatic heterocycles. The fraction of sp³-hybridized carbons (Fsp3) is 0.846. The van der Waals surface area contributed by atoms with Gasteiger partial charge in [-0.1, -0.05) is 12.8 Å². The van der Waals surface area contributed by atoms with Crippen molar-refractivity contribution in [1.29, 1.82) is 0 Å². The standard InChI is InChI=1S/C13H24N2O3/c1-12(2,3)18-11(17)15-13(7-4-5-8-13)10(16)6-9-14/h4-9,14H2,1-3H3,(H,15,17). The first-order chi connectivity index (χ1) is 8.29. The Bertz CT molecular complexity index is 315. The van der Waals surface area contributed by atoms with Crippen LogP contribution in [0.3, 0.4) is 0 Å². The molecule has 0 radical (unpaired) electrons. The van der Waals surface area contributed by atoms with E-state index < -0.39 is 17.2 Å². The van der Waals surface area contributed by atoms with Crippen molar-refractivity contribution in [2.24, 2.45) is 5.73 Å². The van der Waals surface area contributed by atoms with Crippen LogP contribution in [0, 0.1) is 0 Å². The number of amides is 1. The van der Waals surface area contributed by atoms with Gasteiger partial charge in [-0.3, -0.25) is 4.79 Å². The predicted octanol–water partition coefficient (Wildman–Crippen LogP) is 1.74. The fourth-order valence-electron chi connectivity index (χ4n) is 2.32. The third kappa shape index (κ3) is 3.98. The lowest BCUT2D eigenvalue weighted by atomic mass is 9.90. The summed E-state index contributed by atoms with van der Waals surface area (Å²) in [6.45, 7) is 5.72. The van der Waals surface area contributed by atoms with Crippen molar-refractivity contribution in [3.8, 4) is 0 Å². The Morgan fingerprint density at radius 2 is 1.83 bits per heavy atom. The molecule has 0 spiro atoms. The minimum Gasteiger partial charge on any atom is -0.444 e. The van der Waals surface area contributed by atoms with E-state index in [1.165, 1.54) is 0 Å². The summed E-state index contributed by atoms with van der Waals surface area (Å²) in [6.07, 6.45) is 3.05. The summed E-state index contributed by atoms with van der Waals surface area (Å²) in [5, 5.41) is 2.77. The molecule has 18 heavy (non-hydrogen) atoms. The fourth-order valence-corrected chi connectivity index (χ4v) is 2.32. The molecular formula is C13H24N2O3. The molecule has 0 aromatic rings. The van der Waals surface area contributed by atoms with E-state index in [1.54, 1.807) is 20.8 Å². The lowest BCUT2D eigenvalue weighted by Gasteiger charge is -2.30. The van der Waals surface area contributed by atoms with Crippen molar-refractivity contribution in [1.82, 2.24) is 5.32 Å². The molecule has 1 saturated carbocycles. The van der Waals surface area contributed by atoms with Crippen LogP contribution in [0.1, 0.15) is 52.9 Å². The Labute approximate surface area is 108 Å². The molecule has 1 rings (SSSR count). The molecule has 1 fully saturated rings. The second-order valence-electron chi connectivity index (χ2n) is 5.88. The van der Waals surface area contributed by atoms with E-state index in [9.17, 15) is 9.59 Å². The van der Waals surface area contributed by atoms with E-state index in [1.807, 2.05) is 0 Å². The molecule has 1 amide bonds. The van der Waals surface area contributed by atoms with Crippen LogP contribution in [-0.4, -0.2) is 29.6 Å². The van der Waals surface area contributed by atoms with Gasteiger partial charge in [0.1, 0.15) is 11.1 Å². The second-order valence-corrected chi connectivity index (χ2v) is 5.88. The summed E-state index contributed by atoms with van der Waals surface area (Å²) in [6, 6.07) is 0. The van der Waals surface area contributed by atoms with Crippen molar-refractivity contribution < 1.29 is 14.3 Å². The zero-order valence-corrected chi connectivity index (χ0v) is 11.5.